The van der Waals surface area contributed by atoms with E-state index in [0.717, 1.165) is 37.0 Å². The fraction of sp³-hybridized carbons (Fsp3) is 0.812. The van der Waals surface area contributed by atoms with Gasteiger partial charge in [-0.15, -0.1) is 0 Å². The molecule has 1 saturated carbocycles. The Morgan fingerprint density at radius 2 is 1.96 bits per heavy atom. The second-order valence-electron chi connectivity index (χ2n) is 6.84. The molecule has 1 heterocycles. The second kappa shape index (κ2) is 8.41. The van der Waals surface area contributed by atoms with Crippen molar-refractivity contribution in [3.05, 3.63) is 0 Å². The first-order valence-corrected chi connectivity index (χ1v) is 8.50. The number of carbonyl (C=O) groups is 3. The Labute approximate surface area is 140 Å². The van der Waals surface area contributed by atoms with E-state index >= 15 is 0 Å². The summed E-state index contributed by atoms with van der Waals surface area (Å²) < 4.78 is 13.6. The maximum Gasteiger partial charge on any atom is 0.326 e. The van der Waals surface area contributed by atoms with E-state index in [1.165, 1.54) is 0 Å². The molecule has 2 N–H and O–H groups in total. The van der Waals surface area contributed by atoms with Gasteiger partial charge in [0.25, 0.3) is 0 Å². The lowest BCUT2D eigenvalue weighted by Gasteiger charge is -2.31. The number of hydrogen-bond donors (Lipinski definition) is 2. The number of aliphatic carboxylic acids is 1. The normalized spacial score (nSPS) is 26.2. The van der Waals surface area contributed by atoms with Crippen LogP contribution in [0.3, 0.4) is 0 Å². The van der Waals surface area contributed by atoms with E-state index < -0.39 is 30.0 Å². The van der Waals surface area contributed by atoms with Gasteiger partial charge in [0, 0.05) is 6.42 Å². The van der Waals surface area contributed by atoms with Crippen molar-refractivity contribution < 1.29 is 29.1 Å². The molecule has 0 aromatic carbocycles. The molecule has 0 spiro atoms. The number of carboxylic acids is 1. The molecule has 0 bridgehead atoms. The molecule has 0 aromatic heterocycles. The van der Waals surface area contributed by atoms with Gasteiger partial charge in [-0.3, -0.25) is 14.8 Å². The van der Waals surface area contributed by atoms with E-state index in [2.05, 4.69) is 0 Å². The van der Waals surface area contributed by atoms with E-state index in [-0.39, 0.29) is 25.9 Å². The van der Waals surface area contributed by atoms with Crippen molar-refractivity contribution in [3.8, 4) is 0 Å². The van der Waals surface area contributed by atoms with Crippen LogP contribution in [0.5, 0.6) is 0 Å². The van der Waals surface area contributed by atoms with Crippen LogP contribution >= 0.6 is 0 Å². The van der Waals surface area contributed by atoms with E-state index in [9.17, 15) is 29.1 Å². The first-order chi connectivity index (χ1) is 11.4. The maximum atomic E-state index is 13.6. The van der Waals surface area contributed by atoms with Gasteiger partial charge in [-0.1, -0.05) is 32.1 Å². The molecular formula is C16H25FN2O5. The monoisotopic (exact) mass is 344 g/mol. The number of hydrogen-bond acceptors (Lipinski definition) is 4. The SMILES string of the molecule is O=CN(O)CC(CC1CCCCC1)C(=O)N1CC(F)CC1C(=O)O. The summed E-state index contributed by atoms with van der Waals surface area (Å²) in [6.07, 6.45) is 4.39. The minimum Gasteiger partial charge on any atom is -0.480 e. The Kier molecular flexibility index (Phi) is 6.53. The molecule has 1 aliphatic heterocycles. The van der Waals surface area contributed by atoms with Crippen molar-refractivity contribution in [2.24, 2.45) is 11.8 Å². The summed E-state index contributed by atoms with van der Waals surface area (Å²) in [5, 5.41) is 19.1. The first-order valence-electron chi connectivity index (χ1n) is 8.50. The summed E-state index contributed by atoms with van der Waals surface area (Å²) in [5.74, 6) is -2.12. The number of carboxylic acid groups (broad SMARTS) is 1. The molecule has 8 heteroatoms. The number of nitrogens with zero attached hydrogens (tertiary/aromatic N) is 2. The van der Waals surface area contributed by atoms with Crippen LogP contribution in [0.15, 0.2) is 0 Å². The summed E-state index contributed by atoms with van der Waals surface area (Å²) >= 11 is 0. The summed E-state index contributed by atoms with van der Waals surface area (Å²) in [5.41, 5.74) is 0. The molecule has 136 valence electrons. The van der Waals surface area contributed by atoms with Gasteiger partial charge in [-0.25, -0.2) is 14.2 Å². The van der Waals surface area contributed by atoms with Crippen molar-refractivity contribution in [1.82, 2.24) is 9.96 Å². The largest absolute Gasteiger partial charge is 0.480 e. The maximum absolute atomic E-state index is 13.6. The molecule has 2 rings (SSSR count). The zero-order chi connectivity index (χ0) is 17.7. The van der Waals surface area contributed by atoms with Crippen LogP contribution in [-0.2, 0) is 14.4 Å². The zero-order valence-electron chi connectivity index (χ0n) is 13.6. The molecular weight excluding hydrogens is 319 g/mol. The average molecular weight is 344 g/mol. The number of likely N-dealkylation sites (tertiary alicyclic amines) is 1. The van der Waals surface area contributed by atoms with E-state index in [4.69, 9.17) is 0 Å². The van der Waals surface area contributed by atoms with Crippen LogP contribution in [0.25, 0.3) is 0 Å². The predicted octanol–water partition coefficient (Wildman–Crippen LogP) is 1.44. The topological polar surface area (TPSA) is 98.2 Å². The Morgan fingerprint density at radius 3 is 2.54 bits per heavy atom. The zero-order valence-corrected chi connectivity index (χ0v) is 13.6. The van der Waals surface area contributed by atoms with Gasteiger partial charge in [0.2, 0.25) is 12.3 Å². The van der Waals surface area contributed by atoms with Crippen LogP contribution in [0, 0.1) is 11.8 Å². The highest BCUT2D eigenvalue weighted by atomic mass is 19.1. The standard InChI is InChI=1S/C16H25FN2O5/c17-13-7-14(16(22)23)19(9-13)15(21)12(8-18(24)10-20)6-11-4-2-1-3-5-11/h10-14,24H,1-9H2,(H,22,23). The Hall–Kier alpha value is -1.70. The highest BCUT2D eigenvalue weighted by Crippen LogP contribution is 2.31. The Morgan fingerprint density at radius 1 is 1.29 bits per heavy atom. The van der Waals surface area contributed by atoms with Crippen LogP contribution in [0.4, 0.5) is 4.39 Å². The quantitative estimate of drug-likeness (QED) is 0.414. The van der Waals surface area contributed by atoms with Crippen LogP contribution in [0.2, 0.25) is 0 Å². The van der Waals surface area contributed by atoms with Crippen LogP contribution in [-0.4, -0.2) is 63.9 Å². The van der Waals surface area contributed by atoms with Gasteiger partial charge in [0.05, 0.1) is 19.0 Å². The second-order valence-corrected chi connectivity index (χ2v) is 6.84. The highest BCUT2D eigenvalue weighted by Gasteiger charge is 2.42. The summed E-state index contributed by atoms with van der Waals surface area (Å²) in [4.78, 5) is 35.8. The van der Waals surface area contributed by atoms with E-state index in [0.29, 0.717) is 17.4 Å². The summed E-state index contributed by atoms with van der Waals surface area (Å²) in [6, 6.07) is -1.18. The van der Waals surface area contributed by atoms with Crippen LogP contribution in [0.1, 0.15) is 44.9 Å². The Balaban J connectivity index is 2.10. The number of amides is 2. The molecule has 2 amide bonds. The molecule has 24 heavy (non-hydrogen) atoms. The smallest absolute Gasteiger partial charge is 0.326 e. The van der Waals surface area contributed by atoms with Crippen molar-refractivity contribution in [2.45, 2.75) is 57.2 Å². The third-order valence-electron chi connectivity index (χ3n) is 5.04. The fourth-order valence-electron chi connectivity index (χ4n) is 3.84. The lowest BCUT2D eigenvalue weighted by molar-refractivity contribution is -0.160. The van der Waals surface area contributed by atoms with Crippen molar-refractivity contribution in [1.29, 1.82) is 0 Å². The first kappa shape index (κ1) is 18.6. The average Bonchev–Trinajstić information content (AvgIpc) is 2.96. The minimum absolute atomic E-state index is 0.196. The molecule has 2 aliphatic rings. The molecule has 3 unspecified atom stereocenters. The van der Waals surface area contributed by atoms with Gasteiger partial charge in [-0.2, -0.15) is 0 Å². The van der Waals surface area contributed by atoms with Crippen molar-refractivity contribution in [2.75, 3.05) is 13.1 Å². The van der Waals surface area contributed by atoms with Gasteiger partial charge in [0.15, 0.2) is 0 Å². The number of rotatable bonds is 7. The molecule has 2 fully saturated rings. The van der Waals surface area contributed by atoms with Gasteiger partial charge in [-0.05, 0) is 12.3 Å². The van der Waals surface area contributed by atoms with E-state index in [1.807, 2.05) is 0 Å². The Bertz CT molecular complexity index is 469. The highest BCUT2D eigenvalue weighted by molar-refractivity contribution is 5.86. The summed E-state index contributed by atoms with van der Waals surface area (Å²) in [6.45, 7) is -0.442. The van der Waals surface area contributed by atoms with Gasteiger partial charge >= 0.3 is 5.97 Å². The third kappa shape index (κ3) is 4.66. The van der Waals surface area contributed by atoms with E-state index in [1.54, 1.807) is 0 Å². The lowest BCUT2D eigenvalue weighted by Crippen LogP contribution is -2.46. The van der Waals surface area contributed by atoms with Crippen molar-refractivity contribution in [3.63, 3.8) is 0 Å². The summed E-state index contributed by atoms with van der Waals surface area (Å²) in [7, 11) is 0. The third-order valence-corrected chi connectivity index (χ3v) is 5.04. The lowest BCUT2D eigenvalue weighted by atomic mass is 9.82. The fourth-order valence-corrected chi connectivity index (χ4v) is 3.84. The molecule has 3 atom stereocenters. The molecule has 7 nitrogen and oxygen atoms in total. The molecule has 1 saturated heterocycles. The number of hydroxylamine groups is 2. The van der Waals surface area contributed by atoms with Crippen LogP contribution < -0.4 is 0 Å². The molecule has 1 aliphatic carbocycles. The predicted molar refractivity (Wildman–Crippen MR) is 81.9 cm³/mol. The van der Waals surface area contributed by atoms with Gasteiger partial charge < -0.3 is 10.0 Å². The molecule has 0 radical (unpaired) electrons. The number of halogens is 1. The van der Waals surface area contributed by atoms with Gasteiger partial charge in [0.1, 0.15) is 12.2 Å². The number of carbonyl (C=O) groups excluding carboxylic acids is 2. The van der Waals surface area contributed by atoms with Crippen molar-refractivity contribution >= 4 is 18.3 Å². The number of alkyl halides is 1. The minimum atomic E-state index is -1.36. The molecule has 0 aromatic rings.